The second-order valence-corrected chi connectivity index (χ2v) is 8.13. The Bertz CT molecular complexity index is 509. The van der Waals surface area contributed by atoms with Gasteiger partial charge >= 0.3 is 0 Å². The zero-order chi connectivity index (χ0) is 13.3. The van der Waals surface area contributed by atoms with Gasteiger partial charge in [0, 0.05) is 12.6 Å². The van der Waals surface area contributed by atoms with Crippen LogP contribution in [0, 0.1) is 30.1 Å². The summed E-state index contributed by atoms with van der Waals surface area (Å²) in [6, 6.07) is 2.90. The molecule has 1 aromatic rings. The zero-order valence-corrected chi connectivity index (χ0v) is 12.4. The molecule has 4 saturated carbocycles. The van der Waals surface area contributed by atoms with Crippen molar-refractivity contribution >= 4 is 5.82 Å². The summed E-state index contributed by atoms with van der Waals surface area (Å²) in [5.41, 5.74) is 1.76. The summed E-state index contributed by atoms with van der Waals surface area (Å²) in [5.74, 6) is 4.39. The van der Waals surface area contributed by atoms with Gasteiger partial charge in [0.1, 0.15) is 5.82 Å². The summed E-state index contributed by atoms with van der Waals surface area (Å²) in [6.45, 7) is 3.27. The number of anilines is 1. The largest absolute Gasteiger partial charge is 0.370 e. The van der Waals surface area contributed by atoms with E-state index in [-0.39, 0.29) is 0 Å². The smallest absolute Gasteiger partial charge is 0.124 e. The SMILES string of the molecule is Cc1cc2n(n1)C(C13CC4CC(CC(C4)C1)C3)CCN2. The quantitative estimate of drug-likeness (QED) is 0.842. The molecule has 4 aliphatic carbocycles. The van der Waals surface area contributed by atoms with Gasteiger partial charge in [0.05, 0.1) is 11.7 Å². The fourth-order valence-electron chi connectivity index (χ4n) is 6.50. The van der Waals surface area contributed by atoms with Crippen molar-refractivity contribution in [2.24, 2.45) is 23.2 Å². The Labute approximate surface area is 121 Å². The highest BCUT2D eigenvalue weighted by molar-refractivity contribution is 5.39. The fraction of sp³-hybridized carbons (Fsp3) is 0.824. The molecule has 6 rings (SSSR count). The molecule has 2 heterocycles. The third kappa shape index (κ3) is 1.49. The first-order valence-corrected chi connectivity index (χ1v) is 8.52. The lowest BCUT2D eigenvalue weighted by atomic mass is 9.47. The Balaban J connectivity index is 1.57. The first-order chi connectivity index (χ1) is 9.72. The van der Waals surface area contributed by atoms with E-state index < -0.39 is 0 Å². The van der Waals surface area contributed by atoms with E-state index in [1.165, 1.54) is 56.5 Å². The van der Waals surface area contributed by atoms with Crippen LogP contribution in [0.1, 0.15) is 56.7 Å². The Morgan fingerprint density at radius 1 is 1.15 bits per heavy atom. The molecule has 0 spiro atoms. The Morgan fingerprint density at radius 2 is 1.80 bits per heavy atom. The van der Waals surface area contributed by atoms with Crippen LogP contribution < -0.4 is 5.32 Å². The molecule has 1 N–H and O–H groups in total. The maximum Gasteiger partial charge on any atom is 0.124 e. The van der Waals surface area contributed by atoms with Crippen LogP contribution in [-0.2, 0) is 0 Å². The van der Waals surface area contributed by atoms with Crippen LogP contribution in [-0.4, -0.2) is 16.3 Å². The molecule has 3 nitrogen and oxygen atoms in total. The van der Waals surface area contributed by atoms with Crippen molar-refractivity contribution in [1.82, 2.24) is 9.78 Å². The normalized spacial score (nSPS) is 45.2. The molecule has 0 amide bonds. The van der Waals surface area contributed by atoms with Crippen LogP contribution in [0.3, 0.4) is 0 Å². The van der Waals surface area contributed by atoms with Crippen LogP contribution >= 0.6 is 0 Å². The maximum atomic E-state index is 4.84. The highest BCUT2D eigenvalue weighted by Gasteiger charge is 2.55. The molecule has 1 aliphatic heterocycles. The number of nitrogens with zero attached hydrogens (tertiary/aromatic N) is 2. The molecule has 20 heavy (non-hydrogen) atoms. The minimum Gasteiger partial charge on any atom is -0.370 e. The molecule has 0 saturated heterocycles. The predicted molar refractivity (Wildman–Crippen MR) is 79.7 cm³/mol. The number of nitrogens with one attached hydrogen (secondary N) is 1. The van der Waals surface area contributed by atoms with Gasteiger partial charge in [0.15, 0.2) is 0 Å². The highest BCUT2D eigenvalue weighted by atomic mass is 15.4. The molecule has 1 atom stereocenters. The van der Waals surface area contributed by atoms with E-state index in [1.807, 2.05) is 0 Å². The Hall–Kier alpha value is -0.990. The van der Waals surface area contributed by atoms with Crippen LogP contribution in [0.4, 0.5) is 5.82 Å². The van der Waals surface area contributed by atoms with E-state index in [9.17, 15) is 0 Å². The molecule has 0 radical (unpaired) electrons. The Kier molecular flexibility index (Phi) is 2.22. The molecule has 0 aromatic carbocycles. The van der Waals surface area contributed by atoms with Gasteiger partial charge in [-0.1, -0.05) is 0 Å². The van der Waals surface area contributed by atoms with Crippen LogP contribution in [0.25, 0.3) is 0 Å². The van der Waals surface area contributed by atoms with Crippen molar-refractivity contribution in [3.05, 3.63) is 11.8 Å². The van der Waals surface area contributed by atoms with Crippen molar-refractivity contribution in [3.63, 3.8) is 0 Å². The molecule has 4 fully saturated rings. The third-order valence-corrected chi connectivity index (χ3v) is 6.67. The molecular weight excluding hydrogens is 246 g/mol. The number of aromatic nitrogens is 2. The van der Waals surface area contributed by atoms with Crippen molar-refractivity contribution < 1.29 is 0 Å². The topological polar surface area (TPSA) is 29.9 Å². The van der Waals surface area contributed by atoms with E-state index in [0.29, 0.717) is 11.5 Å². The number of aryl methyl sites for hydroxylation is 1. The minimum absolute atomic E-state index is 0.587. The summed E-state index contributed by atoms with van der Waals surface area (Å²) in [6.07, 6.45) is 10.4. The second-order valence-electron chi connectivity index (χ2n) is 8.13. The van der Waals surface area contributed by atoms with Gasteiger partial charge in [-0.15, -0.1) is 0 Å². The summed E-state index contributed by atoms with van der Waals surface area (Å²) in [5, 5.41) is 8.39. The lowest BCUT2D eigenvalue weighted by molar-refractivity contribution is -0.0868. The summed E-state index contributed by atoms with van der Waals surface area (Å²) < 4.78 is 2.37. The van der Waals surface area contributed by atoms with Gasteiger partial charge in [-0.05, 0) is 75.0 Å². The predicted octanol–water partition coefficient (Wildman–Crippen LogP) is 3.76. The van der Waals surface area contributed by atoms with Gasteiger partial charge in [-0.2, -0.15) is 5.10 Å². The van der Waals surface area contributed by atoms with Crippen molar-refractivity contribution in [2.75, 3.05) is 11.9 Å². The number of rotatable bonds is 1. The fourth-order valence-corrected chi connectivity index (χ4v) is 6.50. The van der Waals surface area contributed by atoms with Gasteiger partial charge in [0.25, 0.3) is 0 Å². The molecule has 1 aromatic heterocycles. The van der Waals surface area contributed by atoms with Crippen molar-refractivity contribution in [1.29, 1.82) is 0 Å². The third-order valence-electron chi connectivity index (χ3n) is 6.67. The summed E-state index contributed by atoms with van der Waals surface area (Å²) >= 11 is 0. The van der Waals surface area contributed by atoms with E-state index >= 15 is 0 Å². The maximum absolute atomic E-state index is 4.84. The average molecular weight is 271 g/mol. The lowest BCUT2D eigenvalue weighted by Gasteiger charge is -2.60. The first kappa shape index (κ1) is 11.6. The molecular formula is C17H25N3. The highest BCUT2D eigenvalue weighted by Crippen LogP contribution is 2.64. The van der Waals surface area contributed by atoms with Crippen molar-refractivity contribution in [3.8, 4) is 0 Å². The van der Waals surface area contributed by atoms with Gasteiger partial charge < -0.3 is 5.32 Å². The summed E-state index contributed by atoms with van der Waals surface area (Å²) in [4.78, 5) is 0. The van der Waals surface area contributed by atoms with E-state index in [1.54, 1.807) is 0 Å². The number of hydrogen-bond donors (Lipinski definition) is 1. The van der Waals surface area contributed by atoms with E-state index in [4.69, 9.17) is 5.10 Å². The molecule has 1 unspecified atom stereocenters. The number of fused-ring (bicyclic) bond motifs is 1. The van der Waals surface area contributed by atoms with Crippen LogP contribution in [0.2, 0.25) is 0 Å². The molecule has 3 heteroatoms. The van der Waals surface area contributed by atoms with E-state index in [0.717, 1.165) is 24.3 Å². The summed E-state index contributed by atoms with van der Waals surface area (Å²) in [7, 11) is 0. The minimum atomic E-state index is 0.587. The Morgan fingerprint density at radius 3 is 2.45 bits per heavy atom. The second kappa shape index (κ2) is 3.80. The standard InChI is InChI=1S/C17H25N3/c1-11-4-16-18-3-2-15(20(16)19-11)17-8-12-5-13(9-17)7-14(6-12)10-17/h4,12-15,18H,2-3,5-10H2,1H3. The van der Waals surface area contributed by atoms with Crippen LogP contribution in [0.5, 0.6) is 0 Å². The molecule has 5 aliphatic rings. The lowest BCUT2D eigenvalue weighted by Crippen LogP contribution is -2.51. The molecule has 4 bridgehead atoms. The zero-order valence-electron chi connectivity index (χ0n) is 12.4. The average Bonchev–Trinajstić information content (AvgIpc) is 2.76. The monoisotopic (exact) mass is 271 g/mol. The van der Waals surface area contributed by atoms with Gasteiger partial charge in [-0.25, -0.2) is 4.68 Å². The van der Waals surface area contributed by atoms with Crippen LogP contribution in [0.15, 0.2) is 6.07 Å². The molecule has 108 valence electrons. The van der Waals surface area contributed by atoms with Gasteiger partial charge in [-0.3, -0.25) is 0 Å². The van der Waals surface area contributed by atoms with E-state index in [2.05, 4.69) is 23.0 Å². The first-order valence-electron chi connectivity index (χ1n) is 8.52. The van der Waals surface area contributed by atoms with Gasteiger partial charge in [0.2, 0.25) is 0 Å². The van der Waals surface area contributed by atoms with Crippen molar-refractivity contribution in [2.45, 2.75) is 57.9 Å². The number of hydrogen-bond acceptors (Lipinski definition) is 2.